The first-order chi connectivity index (χ1) is 3.56. The van der Waals surface area contributed by atoms with Gasteiger partial charge >= 0.3 is 0 Å². The Morgan fingerprint density at radius 3 is 2.00 bits per heavy atom. The summed E-state index contributed by atoms with van der Waals surface area (Å²) in [7, 11) is -3.69. The van der Waals surface area contributed by atoms with Crippen molar-refractivity contribution in [2.24, 2.45) is 0 Å². The van der Waals surface area contributed by atoms with E-state index in [9.17, 15) is 8.42 Å². The van der Waals surface area contributed by atoms with Crippen LogP contribution in [0.1, 0.15) is 19.8 Å². The molecule has 0 aliphatic carbocycles. The summed E-state index contributed by atoms with van der Waals surface area (Å²) in [6.45, 7) is 1.87. The van der Waals surface area contributed by atoms with Crippen LogP contribution in [0.3, 0.4) is 0 Å². The van der Waals surface area contributed by atoms with Gasteiger partial charge in [0.15, 0.2) is 0 Å². The summed E-state index contributed by atoms with van der Waals surface area (Å²) in [6, 6.07) is 0. The average molecular weight is 246 g/mol. The van der Waals surface area contributed by atoms with Crippen LogP contribution in [-0.4, -0.2) is 18.7 Å². The minimum Gasteiger partial charge on any atom is -0.286 e. The van der Waals surface area contributed by atoms with E-state index in [-0.39, 0.29) is 28.1 Å². The Hall–Kier alpha value is 0.650. The second-order valence-corrected chi connectivity index (χ2v) is 3.21. The van der Waals surface area contributed by atoms with Crippen LogP contribution in [0.5, 0.6) is 0 Å². The molecule has 0 heterocycles. The molecule has 0 bridgehead atoms. The van der Waals surface area contributed by atoms with Crippen molar-refractivity contribution < 1.29 is 35.4 Å². The molecule has 0 atom stereocenters. The van der Waals surface area contributed by atoms with Gasteiger partial charge in [-0.25, -0.2) is 0 Å². The van der Waals surface area contributed by atoms with Gasteiger partial charge in [0.2, 0.25) is 0 Å². The molecule has 0 rings (SSSR count). The Kier molecular flexibility index (Phi) is 7.45. The largest absolute Gasteiger partial charge is 0.286 e. The molecule has 0 aromatic heterocycles. The van der Waals surface area contributed by atoms with Crippen molar-refractivity contribution in [2.75, 3.05) is 5.75 Å². The van der Waals surface area contributed by atoms with Crippen molar-refractivity contribution in [1.82, 2.24) is 0 Å². The molecule has 0 unspecified atom stereocenters. The molecule has 9 heavy (non-hydrogen) atoms. The van der Waals surface area contributed by atoms with Gasteiger partial charge in [-0.15, -0.1) is 0 Å². The Balaban J connectivity index is 0. The van der Waals surface area contributed by atoms with Gasteiger partial charge in [-0.3, -0.25) is 4.55 Å². The summed E-state index contributed by atoms with van der Waals surface area (Å²) < 4.78 is 28.0. The summed E-state index contributed by atoms with van der Waals surface area (Å²) >= 11 is 0. The first-order valence-electron chi connectivity index (χ1n) is 2.51. The molecule has 0 saturated heterocycles. The number of hydrogen-bond acceptors (Lipinski definition) is 2. The van der Waals surface area contributed by atoms with Crippen LogP contribution < -0.4 is 0 Å². The van der Waals surface area contributed by atoms with Crippen molar-refractivity contribution in [3.8, 4) is 0 Å². The van der Waals surface area contributed by atoms with E-state index >= 15 is 0 Å². The molecule has 5 heteroatoms. The minimum absolute atomic E-state index is 0. The van der Waals surface area contributed by atoms with Gasteiger partial charge in [-0.05, 0) is 6.42 Å². The van der Waals surface area contributed by atoms with E-state index in [1.54, 1.807) is 0 Å². The molecule has 0 amide bonds. The summed E-state index contributed by atoms with van der Waals surface area (Å²) in [4.78, 5) is 0. The topological polar surface area (TPSA) is 54.4 Å². The van der Waals surface area contributed by atoms with Crippen LogP contribution >= 0.6 is 0 Å². The van der Waals surface area contributed by atoms with Crippen LogP contribution in [0, 0.1) is 0 Å². The zero-order valence-corrected chi connectivity index (χ0v) is 7.39. The van der Waals surface area contributed by atoms with E-state index < -0.39 is 10.1 Å². The maximum absolute atomic E-state index is 9.95. The van der Waals surface area contributed by atoms with Crippen molar-refractivity contribution in [3.05, 3.63) is 0 Å². The van der Waals surface area contributed by atoms with Crippen LogP contribution in [0.2, 0.25) is 0 Å². The zero-order valence-electron chi connectivity index (χ0n) is 5.09. The Bertz CT molecular complexity index is 140. The van der Waals surface area contributed by atoms with E-state index in [1.807, 2.05) is 6.92 Å². The molecule has 0 aliphatic heterocycles. The van der Waals surface area contributed by atoms with Crippen LogP contribution in [0.25, 0.3) is 0 Å². The van der Waals surface area contributed by atoms with Crippen molar-refractivity contribution in [2.45, 2.75) is 19.8 Å². The predicted octanol–water partition coefficient (Wildman–Crippen LogP) is 0.672. The molecule has 3 nitrogen and oxygen atoms in total. The van der Waals surface area contributed by atoms with Gasteiger partial charge in [-0.2, -0.15) is 8.42 Å². The fraction of sp³-hybridized carbons (Fsp3) is 1.00. The van der Waals surface area contributed by atoms with Crippen LogP contribution in [0.4, 0.5) is 0 Å². The molecule has 0 fully saturated rings. The fourth-order valence-electron chi connectivity index (χ4n) is 0.327. The minimum atomic E-state index is -3.69. The molecular formula is C4H10AgO3S. The van der Waals surface area contributed by atoms with E-state index in [0.29, 0.717) is 6.42 Å². The molecule has 0 spiro atoms. The summed E-state index contributed by atoms with van der Waals surface area (Å²) in [5, 5.41) is 0. The standard InChI is InChI=1S/C4H10O3S.Ag/c1-2-3-4-8(5,6)7;/h2-4H2,1H3,(H,5,6,7);. The summed E-state index contributed by atoms with van der Waals surface area (Å²) in [5.74, 6) is -0.108. The number of hydrogen-bond donors (Lipinski definition) is 1. The van der Waals surface area contributed by atoms with E-state index in [2.05, 4.69) is 0 Å². The number of unbranched alkanes of at least 4 members (excludes halogenated alkanes) is 1. The van der Waals surface area contributed by atoms with E-state index in [0.717, 1.165) is 6.42 Å². The Morgan fingerprint density at radius 2 is 1.89 bits per heavy atom. The van der Waals surface area contributed by atoms with Gasteiger partial charge in [0, 0.05) is 22.4 Å². The third-order valence-corrected chi connectivity index (χ3v) is 1.56. The predicted molar refractivity (Wildman–Crippen MR) is 31.3 cm³/mol. The Labute approximate surface area is 71.1 Å². The number of rotatable bonds is 3. The second-order valence-electron chi connectivity index (χ2n) is 1.64. The summed E-state index contributed by atoms with van der Waals surface area (Å²) in [6.07, 6.45) is 1.33. The van der Waals surface area contributed by atoms with Crippen molar-refractivity contribution in [1.29, 1.82) is 0 Å². The molecule has 0 aromatic rings. The van der Waals surface area contributed by atoms with Crippen LogP contribution in [0.15, 0.2) is 0 Å². The molecular weight excluding hydrogens is 236 g/mol. The van der Waals surface area contributed by atoms with E-state index in [1.165, 1.54) is 0 Å². The van der Waals surface area contributed by atoms with Crippen molar-refractivity contribution >= 4 is 10.1 Å². The first kappa shape index (κ1) is 12.3. The molecule has 0 aliphatic rings. The quantitative estimate of drug-likeness (QED) is 0.588. The summed E-state index contributed by atoms with van der Waals surface area (Å²) in [5.41, 5.74) is 0. The zero-order chi connectivity index (χ0) is 6.62. The molecule has 0 aromatic carbocycles. The van der Waals surface area contributed by atoms with Gasteiger partial charge in [0.1, 0.15) is 0 Å². The molecule has 1 N–H and O–H groups in total. The van der Waals surface area contributed by atoms with Crippen LogP contribution in [-0.2, 0) is 32.5 Å². The van der Waals surface area contributed by atoms with Gasteiger partial charge in [-0.1, -0.05) is 13.3 Å². The SMILES string of the molecule is CCCCS(=O)(=O)O.[Ag]. The second kappa shape index (κ2) is 5.44. The molecule has 0 saturated carbocycles. The van der Waals surface area contributed by atoms with Gasteiger partial charge in [0.05, 0.1) is 5.75 Å². The van der Waals surface area contributed by atoms with Gasteiger partial charge in [0.25, 0.3) is 10.1 Å². The molecule has 61 valence electrons. The van der Waals surface area contributed by atoms with Crippen molar-refractivity contribution in [3.63, 3.8) is 0 Å². The third-order valence-electron chi connectivity index (χ3n) is 0.756. The normalized spacial score (nSPS) is 10.4. The average Bonchev–Trinajstić information content (AvgIpc) is 1.59. The maximum atomic E-state index is 9.95. The van der Waals surface area contributed by atoms with E-state index in [4.69, 9.17) is 4.55 Å². The Morgan fingerprint density at radius 1 is 1.44 bits per heavy atom. The smallest absolute Gasteiger partial charge is 0.264 e. The molecule has 1 radical (unpaired) electrons. The third kappa shape index (κ3) is 12.0. The fourth-order valence-corrected chi connectivity index (χ4v) is 0.980. The first-order valence-corrected chi connectivity index (χ1v) is 4.12. The monoisotopic (exact) mass is 245 g/mol. The maximum Gasteiger partial charge on any atom is 0.264 e. The van der Waals surface area contributed by atoms with Gasteiger partial charge < -0.3 is 0 Å².